The zero-order chi connectivity index (χ0) is 20.3. The zero-order valence-corrected chi connectivity index (χ0v) is 16.0. The van der Waals surface area contributed by atoms with Crippen LogP contribution in [0.2, 0.25) is 0 Å². The molecule has 9 heteroatoms. The summed E-state index contributed by atoms with van der Waals surface area (Å²) in [4.78, 5) is 11.0. The molecule has 1 amide bonds. The standard InChI is InChI=1S/C19H18FN3O4S/c1-3-15-12-19(23(22-15)17-8-4-14(20)5-9-17)27-28(25,26)18-10-6-16(7-11-18)21-13(2)24/h4-12H,3H2,1-2H3,(H,21,24). The second-order valence-corrected chi connectivity index (χ2v) is 7.51. The molecule has 0 fully saturated rings. The fourth-order valence-corrected chi connectivity index (χ4v) is 3.39. The maximum atomic E-state index is 13.2. The number of anilines is 1. The monoisotopic (exact) mass is 403 g/mol. The minimum Gasteiger partial charge on any atom is -0.358 e. The molecule has 0 saturated carbocycles. The number of carbonyl (C=O) groups excluding carboxylic acids is 1. The van der Waals surface area contributed by atoms with Crippen molar-refractivity contribution in [3.63, 3.8) is 0 Å². The van der Waals surface area contributed by atoms with E-state index in [4.69, 9.17) is 4.18 Å². The molecule has 0 saturated heterocycles. The highest BCUT2D eigenvalue weighted by Gasteiger charge is 2.21. The van der Waals surface area contributed by atoms with Crippen LogP contribution < -0.4 is 9.50 Å². The summed E-state index contributed by atoms with van der Waals surface area (Å²) in [5.74, 6) is -0.683. The number of rotatable bonds is 6. The lowest BCUT2D eigenvalue weighted by molar-refractivity contribution is -0.114. The summed E-state index contributed by atoms with van der Waals surface area (Å²) in [6, 6.07) is 12.6. The van der Waals surface area contributed by atoms with Crippen molar-refractivity contribution in [2.75, 3.05) is 5.32 Å². The minimum absolute atomic E-state index is 0.00519. The molecule has 0 atom stereocenters. The topological polar surface area (TPSA) is 90.3 Å². The third-order valence-corrected chi connectivity index (χ3v) is 5.06. The molecule has 0 aliphatic carbocycles. The van der Waals surface area contributed by atoms with Gasteiger partial charge in [-0.3, -0.25) is 4.79 Å². The number of benzene rings is 2. The van der Waals surface area contributed by atoms with Crippen LogP contribution in [0.3, 0.4) is 0 Å². The Labute approximate surface area is 161 Å². The van der Waals surface area contributed by atoms with Crippen LogP contribution in [0.15, 0.2) is 59.5 Å². The molecule has 3 aromatic rings. The molecule has 0 radical (unpaired) electrons. The molecule has 7 nitrogen and oxygen atoms in total. The first kappa shape index (κ1) is 19.6. The summed E-state index contributed by atoms with van der Waals surface area (Å²) >= 11 is 0. The molecule has 1 N–H and O–H groups in total. The number of aromatic nitrogens is 2. The van der Waals surface area contributed by atoms with E-state index in [-0.39, 0.29) is 16.7 Å². The first-order valence-corrected chi connectivity index (χ1v) is 9.86. The zero-order valence-electron chi connectivity index (χ0n) is 15.2. The second-order valence-electron chi connectivity index (χ2n) is 5.96. The Morgan fingerprint density at radius 3 is 2.36 bits per heavy atom. The van der Waals surface area contributed by atoms with Crippen LogP contribution in [0.25, 0.3) is 5.69 Å². The number of halogens is 1. The molecule has 146 valence electrons. The highest BCUT2D eigenvalue weighted by atomic mass is 32.2. The van der Waals surface area contributed by atoms with Gasteiger partial charge in [0, 0.05) is 18.7 Å². The fourth-order valence-electron chi connectivity index (χ4n) is 2.48. The van der Waals surface area contributed by atoms with Crippen molar-refractivity contribution < 1.29 is 21.8 Å². The predicted octanol–water partition coefficient (Wildman–Crippen LogP) is 3.30. The Morgan fingerprint density at radius 2 is 1.79 bits per heavy atom. The Hall–Kier alpha value is -3.20. The summed E-state index contributed by atoms with van der Waals surface area (Å²) in [6.07, 6.45) is 0.565. The molecular weight excluding hydrogens is 385 g/mol. The SMILES string of the molecule is CCc1cc(OS(=O)(=O)c2ccc(NC(C)=O)cc2)n(-c2ccc(F)cc2)n1. The number of hydrogen-bond donors (Lipinski definition) is 1. The lowest BCUT2D eigenvalue weighted by Gasteiger charge is -2.10. The summed E-state index contributed by atoms with van der Waals surface area (Å²) < 4.78 is 45.1. The van der Waals surface area contributed by atoms with Crippen LogP contribution in [-0.2, 0) is 21.3 Å². The maximum absolute atomic E-state index is 13.2. The van der Waals surface area contributed by atoms with E-state index >= 15 is 0 Å². The van der Waals surface area contributed by atoms with Crippen molar-refractivity contribution >= 4 is 21.7 Å². The van der Waals surface area contributed by atoms with E-state index in [0.29, 0.717) is 23.5 Å². The summed E-state index contributed by atoms with van der Waals surface area (Å²) in [5.41, 5.74) is 1.55. The van der Waals surface area contributed by atoms with Gasteiger partial charge in [0.1, 0.15) is 10.7 Å². The van der Waals surface area contributed by atoms with Gasteiger partial charge < -0.3 is 9.50 Å². The Kier molecular flexibility index (Phi) is 5.46. The lowest BCUT2D eigenvalue weighted by Crippen LogP contribution is -2.13. The van der Waals surface area contributed by atoms with E-state index in [0.717, 1.165) is 0 Å². The van der Waals surface area contributed by atoms with Crippen molar-refractivity contribution in [2.24, 2.45) is 0 Å². The molecule has 0 unspecified atom stereocenters. The van der Waals surface area contributed by atoms with Gasteiger partial charge in [-0.2, -0.15) is 18.2 Å². The van der Waals surface area contributed by atoms with E-state index < -0.39 is 15.9 Å². The number of nitrogens with one attached hydrogen (secondary N) is 1. The van der Waals surface area contributed by atoms with Gasteiger partial charge in [-0.15, -0.1) is 0 Å². The fraction of sp³-hybridized carbons (Fsp3) is 0.158. The largest absolute Gasteiger partial charge is 0.358 e. The van der Waals surface area contributed by atoms with Crippen molar-refractivity contribution in [2.45, 2.75) is 25.2 Å². The molecular formula is C19H18FN3O4S. The third kappa shape index (κ3) is 4.37. The van der Waals surface area contributed by atoms with E-state index in [1.54, 1.807) is 0 Å². The Balaban J connectivity index is 1.92. The highest BCUT2D eigenvalue weighted by molar-refractivity contribution is 7.87. The normalized spacial score (nSPS) is 11.2. The molecule has 1 heterocycles. The molecule has 0 aliphatic rings. The number of nitrogens with zero attached hydrogens (tertiary/aromatic N) is 2. The number of carbonyl (C=O) groups is 1. The quantitative estimate of drug-likeness (QED) is 0.638. The number of aryl methyl sites for hydroxylation is 1. The molecule has 3 rings (SSSR count). The van der Waals surface area contributed by atoms with Crippen molar-refractivity contribution in [3.8, 4) is 11.6 Å². The minimum atomic E-state index is -4.14. The van der Waals surface area contributed by atoms with Gasteiger partial charge in [0.25, 0.3) is 0 Å². The molecule has 0 aliphatic heterocycles. The van der Waals surface area contributed by atoms with Gasteiger partial charge in [0.05, 0.1) is 11.4 Å². The Bertz CT molecular complexity index is 1090. The molecule has 2 aromatic carbocycles. The summed E-state index contributed by atoms with van der Waals surface area (Å²) in [7, 11) is -4.14. The summed E-state index contributed by atoms with van der Waals surface area (Å²) in [6.45, 7) is 3.23. The average molecular weight is 403 g/mol. The van der Waals surface area contributed by atoms with E-state index in [2.05, 4.69) is 10.4 Å². The van der Waals surface area contributed by atoms with Gasteiger partial charge in [0.15, 0.2) is 0 Å². The summed E-state index contributed by atoms with van der Waals surface area (Å²) in [5, 5.41) is 6.87. The van der Waals surface area contributed by atoms with Crippen LogP contribution >= 0.6 is 0 Å². The van der Waals surface area contributed by atoms with Crippen LogP contribution in [0.5, 0.6) is 5.88 Å². The van der Waals surface area contributed by atoms with Crippen molar-refractivity contribution in [1.82, 2.24) is 9.78 Å². The number of amides is 1. The van der Waals surface area contributed by atoms with Gasteiger partial charge in [-0.25, -0.2) is 4.39 Å². The second kappa shape index (κ2) is 7.81. The van der Waals surface area contributed by atoms with E-state index in [1.165, 1.54) is 66.2 Å². The average Bonchev–Trinajstić information content (AvgIpc) is 3.04. The van der Waals surface area contributed by atoms with Crippen LogP contribution in [0.4, 0.5) is 10.1 Å². The van der Waals surface area contributed by atoms with E-state index in [9.17, 15) is 17.6 Å². The van der Waals surface area contributed by atoms with E-state index in [1.807, 2.05) is 6.92 Å². The highest BCUT2D eigenvalue weighted by Crippen LogP contribution is 2.25. The smallest absolute Gasteiger partial charge is 0.340 e. The molecule has 1 aromatic heterocycles. The Morgan fingerprint density at radius 1 is 1.14 bits per heavy atom. The lowest BCUT2D eigenvalue weighted by atomic mass is 10.3. The molecule has 0 bridgehead atoms. The predicted molar refractivity (Wildman–Crippen MR) is 101 cm³/mol. The van der Waals surface area contributed by atoms with Crippen LogP contribution in [0, 0.1) is 5.82 Å². The molecule has 0 spiro atoms. The maximum Gasteiger partial charge on any atom is 0.340 e. The van der Waals surface area contributed by atoms with Crippen LogP contribution in [0.1, 0.15) is 19.5 Å². The molecule has 28 heavy (non-hydrogen) atoms. The third-order valence-electron chi connectivity index (χ3n) is 3.82. The number of hydrogen-bond acceptors (Lipinski definition) is 5. The van der Waals surface area contributed by atoms with Crippen molar-refractivity contribution in [3.05, 3.63) is 66.1 Å². The van der Waals surface area contributed by atoms with Gasteiger partial charge in [0.2, 0.25) is 11.8 Å². The first-order valence-electron chi connectivity index (χ1n) is 8.45. The van der Waals surface area contributed by atoms with Gasteiger partial charge >= 0.3 is 10.1 Å². The van der Waals surface area contributed by atoms with Gasteiger partial charge in [-0.1, -0.05) is 6.92 Å². The first-order chi connectivity index (χ1) is 13.3. The van der Waals surface area contributed by atoms with Gasteiger partial charge in [-0.05, 0) is 55.0 Å². The van der Waals surface area contributed by atoms with Crippen molar-refractivity contribution in [1.29, 1.82) is 0 Å². The van der Waals surface area contributed by atoms with Crippen LogP contribution in [-0.4, -0.2) is 24.1 Å².